The second-order valence-corrected chi connectivity index (χ2v) is 8.18. The fourth-order valence-corrected chi connectivity index (χ4v) is 4.13. The molecule has 0 aromatic heterocycles. The molecule has 0 amide bonds. The molecule has 2 fully saturated rings. The number of aliphatic imine (C=N–C) groups is 1. The van der Waals surface area contributed by atoms with E-state index >= 15 is 0 Å². The Morgan fingerprint density at radius 1 is 1.17 bits per heavy atom. The summed E-state index contributed by atoms with van der Waals surface area (Å²) in [6.45, 7) is 9.20. The van der Waals surface area contributed by atoms with Gasteiger partial charge >= 0.3 is 0 Å². The van der Waals surface area contributed by atoms with Crippen molar-refractivity contribution in [3.05, 3.63) is 35.4 Å². The molecule has 6 nitrogen and oxygen atoms in total. The van der Waals surface area contributed by atoms with Crippen molar-refractivity contribution >= 4 is 5.96 Å². The number of nitrogens with zero attached hydrogens (tertiary/aromatic N) is 3. The van der Waals surface area contributed by atoms with E-state index in [1.165, 1.54) is 11.1 Å². The number of rotatable bonds is 7. The summed E-state index contributed by atoms with van der Waals surface area (Å²) in [7, 11) is 4.26. The lowest BCUT2D eigenvalue weighted by molar-refractivity contribution is -0.0817. The van der Waals surface area contributed by atoms with Gasteiger partial charge in [0.1, 0.15) is 6.10 Å². The molecule has 1 N–H and O–H groups in total. The van der Waals surface area contributed by atoms with Gasteiger partial charge in [0.25, 0.3) is 0 Å². The highest BCUT2D eigenvalue weighted by atomic mass is 16.5. The Hall–Kier alpha value is -1.63. The topological polar surface area (TPSA) is 49.3 Å². The van der Waals surface area contributed by atoms with Gasteiger partial charge in [-0.2, -0.15) is 0 Å². The van der Waals surface area contributed by atoms with E-state index in [0.717, 1.165) is 64.6 Å². The summed E-state index contributed by atoms with van der Waals surface area (Å²) in [4.78, 5) is 9.62. The first-order valence-electron chi connectivity index (χ1n) is 11.1. The van der Waals surface area contributed by atoms with Crippen LogP contribution in [0.1, 0.15) is 43.9 Å². The molecule has 1 aromatic rings. The molecule has 162 valence electrons. The highest BCUT2D eigenvalue weighted by Gasteiger charge is 2.32. The van der Waals surface area contributed by atoms with Gasteiger partial charge in [0.2, 0.25) is 0 Å². The van der Waals surface area contributed by atoms with E-state index in [2.05, 4.69) is 67.3 Å². The summed E-state index contributed by atoms with van der Waals surface area (Å²) in [6, 6.07) is 9.20. The Morgan fingerprint density at radius 2 is 1.93 bits per heavy atom. The van der Waals surface area contributed by atoms with E-state index in [9.17, 15) is 0 Å². The van der Waals surface area contributed by atoms with Crippen molar-refractivity contribution in [2.75, 3.05) is 53.5 Å². The number of benzene rings is 1. The first-order chi connectivity index (χ1) is 14.1. The molecule has 3 atom stereocenters. The largest absolute Gasteiger partial charge is 0.375 e. The molecule has 0 spiro atoms. The van der Waals surface area contributed by atoms with Crippen LogP contribution in [0.5, 0.6) is 0 Å². The zero-order chi connectivity index (χ0) is 20.6. The molecule has 2 saturated heterocycles. The third-order valence-electron chi connectivity index (χ3n) is 5.92. The number of hydrogen-bond acceptors (Lipinski definition) is 4. The van der Waals surface area contributed by atoms with Crippen molar-refractivity contribution in [3.63, 3.8) is 0 Å². The number of hydrogen-bond donors (Lipinski definition) is 1. The number of ether oxygens (including phenoxy) is 2. The van der Waals surface area contributed by atoms with Crippen LogP contribution in [0.25, 0.3) is 0 Å². The number of aryl methyl sites for hydroxylation is 1. The van der Waals surface area contributed by atoms with Crippen LogP contribution >= 0.6 is 0 Å². The molecule has 0 aliphatic carbocycles. The number of likely N-dealkylation sites (N-methyl/N-ethyl adjacent to an activating group) is 1. The maximum atomic E-state index is 6.02. The van der Waals surface area contributed by atoms with Crippen LogP contribution in [0.15, 0.2) is 29.3 Å². The van der Waals surface area contributed by atoms with Crippen LogP contribution in [-0.2, 0) is 15.9 Å². The first-order valence-corrected chi connectivity index (χ1v) is 11.1. The van der Waals surface area contributed by atoms with Crippen molar-refractivity contribution in [1.29, 1.82) is 0 Å². The maximum Gasteiger partial charge on any atom is 0.194 e. The summed E-state index contributed by atoms with van der Waals surface area (Å²) >= 11 is 0. The molecule has 2 heterocycles. The lowest BCUT2D eigenvalue weighted by Crippen LogP contribution is -2.53. The minimum absolute atomic E-state index is 0.140. The van der Waals surface area contributed by atoms with E-state index < -0.39 is 0 Å². The highest BCUT2D eigenvalue weighted by Crippen LogP contribution is 2.22. The molecule has 3 rings (SSSR count). The van der Waals surface area contributed by atoms with E-state index in [-0.39, 0.29) is 18.2 Å². The van der Waals surface area contributed by atoms with Gasteiger partial charge in [-0.15, -0.1) is 0 Å². The normalized spacial score (nSPS) is 24.2. The second-order valence-electron chi connectivity index (χ2n) is 8.18. The van der Waals surface area contributed by atoms with Gasteiger partial charge in [-0.3, -0.25) is 4.99 Å². The van der Waals surface area contributed by atoms with Crippen LogP contribution in [0, 0.1) is 0 Å². The third kappa shape index (κ3) is 5.93. The van der Waals surface area contributed by atoms with Gasteiger partial charge in [-0.05, 0) is 51.4 Å². The van der Waals surface area contributed by atoms with Gasteiger partial charge < -0.3 is 24.6 Å². The number of nitrogens with one attached hydrogen (secondary N) is 1. The average Bonchev–Trinajstić information content (AvgIpc) is 3.28. The predicted molar refractivity (Wildman–Crippen MR) is 119 cm³/mol. The Kier molecular flexibility index (Phi) is 8.33. The van der Waals surface area contributed by atoms with Crippen LogP contribution in [0.2, 0.25) is 0 Å². The zero-order valence-corrected chi connectivity index (χ0v) is 18.6. The van der Waals surface area contributed by atoms with E-state index in [0.29, 0.717) is 0 Å². The summed E-state index contributed by atoms with van der Waals surface area (Å²) in [5.74, 6) is 0.982. The van der Waals surface area contributed by atoms with E-state index in [1.54, 1.807) is 0 Å². The van der Waals surface area contributed by atoms with Crippen LogP contribution in [0.4, 0.5) is 0 Å². The minimum atomic E-state index is 0.140. The summed E-state index contributed by atoms with van der Waals surface area (Å²) in [5, 5.41) is 3.49. The van der Waals surface area contributed by atoms with Gasteiger partial charge in [-0.1, -0.05) is 31.2 Å². The molecular weight excluding hydrogens is 364 g/mol. The van der Waals surface area contributed by atoms with Gasteiger partial charge in [-0.25, -0.2) is 0 Å². The van der Waals surface area contributed by atoms with Crippen LogP contribution in [0.3, 0.4) is 0 Å². The highest BCUT2D eigenvalue weighted by molar-refractivity contribution is 5.80. The van der Waals surface area contributed by atoms with Crippen LogP contribution < -0.4 is 5.32 Å². The summed E-state index contributed by atoms with van der Waals surface area (Å²) in [5.41, 5.74) is 2.68. The fourth-order valence-electron chi connectivity index (χ4n) is 4.13. The summed E-state index contributed by atoms with van der Waals surface area (Å²) in [6.07, 6.45) is 3.68. The third-order valence-corrected chi connectivity index (χ3v) is 5.92. The van der Waals surface area contributed by atoms with Crippen molar-refractivity contribution in [1.82, 2.24) is 15.1 Å². The van der Waals surface area contributed by atoms with Crippen molar-refractivity contribution in [3.8, 4) is 0 Å². The summed E-state index contributed by atoms with van der Waals surface area (Å²) < 4.78 is 11.9. The Morgan fingerprint density at radius 3 is 2.55 bits per heavy atom. The minimum Gasteiger partial charge on any atom is -0.375 e. The maximum absolute atomic E-state index is 6.02. The average molecular weight is 403 g/mol. The van der Waals surface area contributed by atoms with Crippen LogP contribution in [-0.4, -0.2) is 81.5 Å². The molecule has 6 heteroatoms. The Labute approximate surface area is 176 Å². The quantitative estimate of drug-likeness (QED) is 0.561. The van der Waals surface area contributed by atoms with Crippen molar-refractivity contribution in [2.45, 2.75) is 51.4 Å². The zero-order valence-electron chi connectivity index (χ0n) is 18.6. The van der Waals surface area contributed by atoms with Gasteiger partial charge in [0, 0.05) is 26.2 Å². The smallest absolute Gasteiger partial charge is 0.194 e. The lowest BCUT2D eigenvalue weighted by Gasteiger charge is -2.37. The van der Waals surface area contributed by atoms with E-state index in [4.69, 9.17) is 14.5 Å². The number of guanidine groups is 1. The molecule has 0 radical (unpaired) electrons. The molecule has 2 aliphatic rings. The molecule has 0 saturated carbocycles. The van der Waals surface area contributed by atoms with Crippen molar-refractivity contribution < 1.29 is 9.47 Å². The molecule has 2 aliphatic heterocycles. The number of morpholine rings is 1. The van der Waals surface area contributed by atoms with Crippen molar-refractivity contribution in [2.24, 2.45) is 4.99 Å². The second kappa shape index (κ2) is 11.0. The molecular formula is C23H38N4O2. The standard InChI is InChI=1S/C23H38N4O2/c1-5-18-9-11-19(12-10-18)20(26(3)4)16-25-23(24-6-2)27-13-15-29-22(17-27)21-8-7-14-28-21/h9-12,20-22H,5-8,13-17H2,1-4H3,(H,24,25). The predicted octanol–water partition coefficient (Wildman–Crippen LogP) is 2.70. The Balaban J connectivity index is 1.70. The SMILES string of the molecule is CCNC(=NCC(c1ccc(CC)cc1)N(C)C)N1CCOC(C2CCCO2)C1. The molecule has 3 unspecified atom stereocenters. The monoisotopic (exact) mass is 402 g/mol. The van der Waals surface area contributed by atoms with Gasteiger partial charge in [0.15, 0.2) is 5.96 Å². The Bertz CT molecular complexity index is 641. The first kappa shape index (κ1) is 22.1. The molecule has 0 bridgehead atoms. The molecule has 1 aromatic carbocycles. The van der Waals surface area contributed by atoms with E-state index in [1.807, 2.05) is 0 Å². The molecule has 29 heavy (non-hydrogen) atoms. The lowest BCUT2D eigenvalue weighted by atomic mass is 10.0. The van der Waals surface area contributed by atoms with Gasteiger partial charge in [0.05, 0.1) is 25.3 Å². The fraction of sp³-hybridized carbons (Fsp3) is 0.696.